The van der Waals surface area contributed by atoms with E-state index in [0.717, 1.165) is 17.5 Å². The van der Waals surface area contributed by atoms with Crippen LogP contribution in [0.15, 0.2) is 42.7 Å². The molecule has 1 atom stereocenters. The highest BCUT2D eigenvalue weighted by molar-refractivity contribution is 5.85. The van der Waals surface area contributed by atoms with E-state index in [1.165, 1.54) is 0 Å². The fourth-order valence-electron chi connectivity index (χ4n) is 1.85. The van der Waals surface area contributed by atoms with E-state index in [1.54, 1.807) is 10.9 Å². The lowest BCUT2D eigenvalue weighted by molar-refractivity contribution is -0.122. The van der Waals surface area contributed by atoms with Gasteiger partial charge in [-0.25, -0.2) is 0 Å². The van der Waals surface area contributed by atoms with Gasteiger partial charge in [-0.1, -0.05) is 30.3 Å². The maximum absolute atomic E-state index is 11.9. The Kier molecular flexibility index (Phi) is 6.21. The van der Waals surface area contributed by atoms with Gasteiger partial charge in [-0.15, -0.1) is 12.4 Å². The van der Waals surface area contributed by atoms with Crippen LogP contribution in [0.5, 0.6) is 0 Å². The number of hydrogen-bond acceptors (Lipinski definition) is 3. The SMILES string of the molecule is Cl.Cn1cc(CCNC(=O)C(N)c2ccccc2)cn1. The average molecular weight is 295 g/mol. The summed E-state index contributed by atoms with van der Waals surface area (Å²) in [7, 11) is 1.87. The predicted molar refractivity (Wildman–Crippen MR) is 80.5 cm³/mol. The second kappa shape index (κ2) is 7.67. The molecule has 0 saturated heterocycles. The second-order valence-electron chi connectivity index (χ2n) is 4.45. The van der Waals surface area contributed by atoms with Crippen molar-refractivity contribution in [1.82, 2.24) is 15.1 Å². The number of carbonyl (C=O) groups excluding carboxylic acids is 1. The number of carbonyl (C=O) groups is 1. The molecule has 1 amide bonds. The van der Waals surface area contributed by atoms with Crippen molar-refractivity contribution in [2.45, 2.75) is 12.5 Å². The maximum Gasteiger partial charge on any atom is 0.241 e. The number of amides is 1. The Balaban J connectivity index is 0.00000200. The number of nitrogens with one attached hydrogen (secondary N) is 1. The van der Waals surface area contributed by atoms with Crippen molar-refractivity contribution in [3.05, 3.63) is 53.9 Å². The third-order valence-electron chi connectivity index (χ3n) is 2.91. The topological polar surface area (TPSA) is 72.9 Å². The largest absolute Gasteiger partial charge is 0.354 e. The van der Waals surface area contributed by atoms with Gasteiger partial charge >= 0.3 is 0 Å². The van der Waals surface area contributed by atoms with E-state index in [2.05, 4.69) is 10.4 Å². The van der Waals surface area contributed by atoms with Crippen LogP contribution in [0.25, 0.3) is 0 Å². The lowest BCUT2D eigenvalue weighted by atomic mass is 10.1. The Labute approximate surface area is 124 Å². The van der Waals surface area contributed by atoms with E-state index in [1.807, 2.05) is 43.6 Å². The Morgan fingerprint density at radius 2 is 2.10 bits per heavy atom. The number of nitrogens with zero attached hydrogens (tertiary/aromatic N) is 2. The van der Waals surface area contributed by atoms with E-state index >= 15 is 0 Å². The van der Waals surface area contributed by atoms with Gasteiger partial charge in [0.2, 0.25) is 5.91 Å². The van der Waals surface area contributed by atoms with Crippen LogP contribution in [0.4, 0.5) is 0 Å². The molecule has 1 aromatic heterocycles. The van der Waals surface area contributed by atoms with E-state index in [-0.39, 0.29) is 18.3 Å². The van der Waals surface area contributed by atoms with Crippen LogP contribution < -0.4 is 11.1 Å². The van der Waals surface area contributed by atoms with Crippen LogP contribution in [0.3, 0.4) is 0 Å². The molecule has 1 unspecified atom stereocenters. The van der Waals surface area contributed by atoms with Gasteiger partial charge in [0.25, 0.3) is 0 Å². The lowest BCUT2D eigenvalue weighted by Crippen LogP contribution is -2.35. The van der Waals surface area contributed by atoms with Crippen molar-refractivity contribution in [2.75, 3.05) is 6.54 Å². The number of aryl methyl sites for hydroxylation is 1. The molecule has 0 fully saturated rings. The predicted octanol–water partition coefficient (Wildman–Crippen LogP) is 1.20. The van der Waals surface area contributed by atoms with Crippen LogP contribution in [0.1, 0.15) is 17.2 Å². The Hall–Kier alpha value is -1.85. The zero-order valence-corrected chi connectivity index (χ0v) is 12.1. The van der Waals surface area contributed by atoms with Crippen molar-refractivity contribution in [3.63, 3.8) is 0 Å². The van der Waals surface area contributed by atoms with Gasteiger partial charge in [-0.3, -0.25) is 9.48 Å². The molecule has 1 aromatic carbocycles. The van der Waals surface area contributed by atoms with Gasteiger partial charge in [0.05, 0.1) is 6.20 Å². The molecule has 0 spiro atoms. The molecular formula is C14H19ClN4O. The molecule has 2 rings (SSSR count). The van der Waals surface area contributed by atoms with E-state index in [4.69, 9.17) is 5.73 Å². The molecule has 5 nitrogen and oxygen atoms in total. The Morgan fingerprint density at radius 1 is 1.40 bits per heavy atom. The zero-order chi connectivity index (χ0) is 13.7. The van der Waals surface area contributed by atoms with Crippen molar-refractivity contribution >= 4 is 18.3 Å². The molecule has 20 heavy (non-hydrogen) atoms. The summed E-state index contributed by atoms with van der Waals surface area (Å²) in [5, 5.41) is 6.91. The number of halogens is 1. The number of rotatable bonds is 5. The molecule has 108 valence electrons. The monoisotopic (exact) mass is 294 g/mol. The number of nitrogens with two attached hydrogens (primary N) is 1. The zero-order valence-electron chi connectivity index (χ0n) is 11.3. The molecule has 0 bridgehead atoms. The summed E-state index contributed by atoms with van der Waals surface area (Å²) >= 11 is 0. The van der Waals surface area contributed by atoms with Crippen LogP contribution in [-0.2, 0) is 18.3 Å². The van der Waals surface area contributed by atoms with Crippen molar-refractivity contribution in [1.29, 1.82) is 0 Å². The molecule has 0 aliphatic rings. The van der Waals surface area contributed by atoms with Crippen molar-refractivity contribution in [2.24, 2.45) is 12.8 Å². The van der Waals surface area contributed by atoms with Crippen LogP contribution in [0, 0.1) is 0 Å². The molecule has 0 saturated carbocycles. The number of hydrogen-bond donors (Lipinski definition) is 2. The van der Waals surface area contributed by atoms with Crippen LogP contribution in [0.2, 0.25) is 0 Å². The summed E-state index contributed by atoms with van der Waals surface area (Å²) in [6, 6.07) is 8.74. The number of benzene rings is 1. The highest BCUT2D eigenvalue weighted by Crippen LogP contribution is 2.09. The first kappa shape index (κ1) is 16.2. The Morgan fingerprint density at radius 3 is 2.70 bits per heavy atom. The van der Waals surface area contributed by atoms with Gasteiger partial charge in [-0.2, -0.15) is 5.10 Å². The summed E-state index contributed by atoms with van der Waals surface area (Å²) in [4.78, 5) is 11.9. The quantitative estimate of drug-likeness (QED) is 0.870. The normalized spacial score (nSPS) is 11.5. The van der Waals surface area contributed by atoms with E-state index < -0.39 is 6.04 Å². The smallest absolute Gasteiger partial charge is 0.241 e. The van der Waals surface area contributed by atoms with Crippen LogP contribution in [-0.4, -0.2) is 22.2 Å². The van der Waals surface area contributed by atoms with Crippen molar-refractivity contribution in [3.8, 4) is 0 Å². The van der Waals surface area contributed by atoms with Gasteiger partial charge in [0, 0.05) is 19.8 Å². The highest BCUT2D eigenvalue weighted by Gasteiger charge is 2.14. The summed E-state index contributed by atoms with van der Waals surface area (Å²) in [6.07, 6.45) is 4.48. The van der Waals surface area contributed by atoms with Gasteiger partial charge in [0.1, 0.15) is 6.04 Å². The van der Waals surface area contributed by atoms with E-state index in [0.29, 0.717) is 6.54 Å². The molecule has 2 aromatic rings. The molecular weight excluding hydrogens is 276 g/mol. The summed E-state index contributed by atoms with van der Waals surface area (Å²) in [5.41, 5.74) is 7.81. The Bertz CT molecular complexity index is 541. The first-order valence-electron chi connectivity index (χ1n) is 6.22. The van der Waals surface area contributed by atoms with Crippen molar-refractivity contribution < 1.29 is 4.79 Å². The lowest BCUT2D eigenvalue weighted by Gasteiger charge is -2.12. The average Bonchev–Trinajstić information content (AvgIpc) is 2.84. The van der Waals surface area contributed by atoms with E-state index in [9.17, 15) is 4.79 Å². The summed E-state index contributed by atoms with van der Waals surface area (Å²) < 4.78 is 1.74. The maximum atomic E-state index is 11.9. The standard InChI is InChI=1S/C14H18N4O.ClH/c1-18-10-11(9-17-18)7-8-16-14(19)13(15)12-5-3-2-4-6-12;/h2-6,9-10,13H,7-8,15H2,1H3,(H,16,19);1H. The minimum atomic E-state index is -0.616. The molecule has 0 aliphatic carbocycles. The fraction of sp³-hybridized carbons (Fsp3) is 0.286. The van der Waals surface area contributed by atoms with Gasteiger partial charge in [-0.05, 0) is 17.5 Å². The minimum absolute atomic E-state index is 0. The molecule has 1 heterocycles. The third kappa shape index (κ3) is 4.36. The van der Waals surface area contributed by atoms with Gasteiger partial charge < -0.3 is 11.1 Å². The fourth-order valence-corrected chi connectivity index (χ4v) is 1.85. The first-order valence-corrected chi connectivity index (χ1v) is 6.22. The molecule has 6 heteroatoms. The minimum Gasteiger partial charge on any atom is -0.354 e. The number of aromatic nitrogens is 2. The third-order valence-corrected chi connectivity index (χ3v) is 2.91. The summed E-state index contributed by atoms with van der Waals surface area (Å²) in [6.45, 7) is 0.561. The first-order chi connectivity index (χ1) is 9.16. The second-order valence-corrected chi connectivity index (χ2v) is 4.45. The molecule has 0 radical (unpaired) electrons. The summed E-state index contributed by atoms with van der Waals surface area (Å²) in [5.74, 6) is -0.157. The molecule has 3 N–H and O–H groups in total. The highest BCUT2D eigenvalue weighted by atomic mass is 35.5. The molecule has 0 aliphatic heterocycles. The van der Waals surface area contributed by atoms with Gasteiger partial charge in [0.15, 0.2) is 0 Å². The van der Waals surface area contributed by atoms with Crippen LogP contribution >= 0.6 is 12.4 Å².